The van der Waals surface area contributed by atoms with Gasteiger partial charge in [0.25, 0.3) is 5.91 Å². The molecule has 0 bridgehead atoms. The summed E-state index contributed by atoms with van der Waals surface area (Å²) in [5.74, 6) is 0.107. The van der Waals surface area contributed by atoms with Crippen LogP contribution in [0, 0.1) is 0 Å². The van der Waals surface area contributed by atoms with Gasteiger partial charge in [0, 0.05) is 12.1 Å². The fourth-order valence-corrected chi connectivity index (χ4v) is 3.90. The molecule has 5 heteroatoms. The Kier molecular flexibility index (Phi) is 5.31. The normalized spacial score (nSPS) is 13.3. The zero-order valence-corrected chi connectivity index (χ0v) is 17.2. The highest BCUT2D eigenvalue weighted by Gasteiger charge is 2.25. The number of rotatable bonds is 7. The van der Waals surface area contributed by atoms with Crippen LogP contribution < -0.4 is 9.88 Å². The minimum Gasteiger partial charge on any atom is -0.348 e. The van der Waals surface area contributed by atoms with Crippen molar-refractivity contribution in [2.24, 2.45) is 0 Å². The quantitative estimate of drug-likeness (QED) is 0.456. The molecule has 1 aliphatic rings. The number of pyridine rings is 1. The van der Waals surface area contributed by atoms with E-state index in [0.29, 0.717) is 12.6 Å². The monoisotopic (exact) mass is 409 g/mol. The van der Waals surface area contributed by atoms with E-state index < -0.39 is 0 Å². The third kappa shape index (κ3) is 4.56. The van der Waals surface area contributed by atoms with Crippen LogP contribution in [0.2, 0.25) is 0 Å². The summed E-state index contributed by atoms with van der Waals surface area (Å²) in [6, 6.07) is 27.3. The summed E-state index contributed by atoms with van der Waals surface area (Å²) in [5.41, 5.74) is 5.30. The van der Waals surface area contributed by atoms with Crippen LogP contribution in [-0.4, -0.2) is 22.1 Å². The van der Waals surface area contributed by atoms with E-state index in [0.717, 1.165) is 29.8 Å². The maximum Gasteiger partial charge on any atom is 0.286 e. The Morgan fingerprint density at radius 2 is 1.68 bits per heavy atom. The van der Waals surface area contributed by atoms with Crippen molar-refractivity contribution in [1.29, 1.82) is 0 Å². The van der Waals surface area contributed by atoms with Gasteiger partial charge in [-0.15, -0.1) is 0 Å². The zero-order chi connectivity index (χ0) is 21.0. The van der Waals surface area contributed by atoms with E-state index in [1.165, 1.54) is 11.1 Å². The van der Waals surface area contributed by atoms with E-state index in [4.69, 9.17) is 0 Å². The molecule has 31 heavy (non-hydrogen) atoms. The second kappa shape index (κ2) is 8.56. The van der Waals surface area contributed by atoms with E-state index in [-0.39, 0.29) is 11.8 Å². The van der Waals surface area contributed by atoms with Crippen molar-refractivity contribution in [1.82, 2.24) is 15.5 Å². The molecule has 2 heterocycles. The Morgan fingerprint density at radius 1 is 1.00 bits per heavy atom. The lowest BCUT2D eigenvalue weighted by molar-refractivity contribution is -0.684. The molecule has 0 saturated heterocycles. The summed E-state index contributed by atoms with van der Waals surface area (Å²) in [7, 11) is 0. The molecule has 0 unspecified atom stereocenters. The second-order valence-corrected chi connectivity index (χ2v) is 8.07. The molecule has 2 N–H and O–H groups in total. The Labute approximate surface area is 181 Å². The van der Waals surface area contributed by atoms with Gasteiger partial charge in [-0.25, -0.2) is 0 Å². The summed E-state index contributed by atoms with van der Waals surface area (Å²) in [4.78, 5) is 12.2. The summed E-state index contributed by atoms with van der Waals surface area (Å²) < 4.78 is 1.92. The number of nitrogens with one attached hydrogen (secondary N) is 2. The third-order valence-electron chi connectivity index (χ3n) is 5.60. The van der Waals surface area contributed by atoms with Crippen molar-refractivity contribution in [2.45, 2.75) is 31.3 Å². The molecule has 2 aromatic heterocycles. The van der Waals surface area contributed by atoms with Crippen LogP contribution in [0.25, 0.3) is 11.3 Å². The molecule has 0 radical (unpaired) electrons. The zero-order valence-electron chi connectivity index (χ0n) is 17.2. The van der Waals surface area contributed by atoms with Crippen molar-refractivity contribution >= 4 is 5.91 Å². The highest BCUT2D eigenvalue weighted by molar-refractivity contribution is 5.75. The summed E-state index contributed by atoms with van der Waals surface area (Å²) in [5, 5.41) is 10.9. The van der Waals surface area contributed by atoms with E-state index in [2.05, 4.69) is 70.1 Å². The molecule has 1 saturated carbocycles. The molecule has 4 aromatic rings. The molecule has 154 valence electrons. The Balaban J connectivity index is 1.43. The topological polar surface area (TPSA) is 61.7 Å². The van der Waals surface area contributed by atoms with Gasteiger partial charge < -0.3 is 5.32 Å². The number of aromatic amines is 1. The number of amides is 1. The SMILES string of the molecule is O=C(C[n+]1cccc(-c2cc(C(c3ccccc3)c3ccccc3)n[nH]2)c1)NC1CC1. The standard InChI is InChI=1S/C26H24N4O/c31-25(27-22-13-14-22)18-30-15-7-12-21(17-30)23-16-24(29-28-23)26(19-8-3-1-4-9-19)20-10-5-2-6-11-20/h1-12,15-17,22,26H,13-14,18H2,(H-,27,28,29,31)/p+1. The average Bonchev–Trinajstić information content (AvgIpc) is 3.48. The lowest BCUT2D eigenvalue weighted by Crippen LogP contribution is -2.43. The van der Waals surface area contributed by atoms with E-state index in [1.54, 1.807) is 0 Å². The summed E-state index contributed by atoms with van der Waals surface area (Å²) in [6.07, 6.45) is 6.10. The number of hydrogen-bond donors (Lipinski definition) is 2. The van der Waals surface area contributed by atoms with Crippen molar-refractivity contribution in [2.75, 3.05) is 0 Å². The third-order valence-corrected chi connectivity index (χ3v) is 5.60. The van der Waals surface area contributed by atoms with Gasteiger partial charge in [-0.3, -0.25) is 9.89 Å². The molecule has 2 aromatic carbocycles. The van der Waals surface area contributed by atoms with Crippen LogP contribution in [0.5, 0.6) is 0 Å². The van der Waals surface area contributed by atoms with Crippen molar-refractivity contribution < 1.29 is 9.36 Å². The van der Waals surface area contributed by atoms with Gasteiger partial charge in [-0.05, 0) is 36.1 Å². The van der Waals surface area contributed by atoms with E-state index >= 15 is 0 Å². The maximum absolute atomic E-state index is 12.2. The second-order valence-electron chi connectivity index (χ2n) is 8.07. The number of nitrogens with zero attached hydrogens (tertiary/aromatic N) is 2. The molecule has 0 atom stereocenters. The van der Waals surface area contributed by atoms with Crippen LogP contribution in [0.15, 0.2) is 91.3 Å². The molecular formula is C26H25N4O+. The van der Waals surface area contributed by atoms with Crippen molar-refractivity contribution in [3.05, 3.63) is 108 Å². The number of hydrogen-bond acceptors (Lipinski definition) is 2. The maximum atomic E-state index is 12.2. The smallest absolute Gasteiger partial charge is 0.286 e. The lowest BCUT2D eigenvalue weighted by atomic mass is 9.88. The van der Waals surface area contributed by atoms with Crippen LogP contribution in [-0.2, 0) is 11.3 Å². The first-order chi connectivity index (χ1) is 15.3. The number of carbonyl (C=O) groups excluding carboxylic acids is 1. The summed E-state index contributed by atoms with van der Waals surface area (Å²) >= 11 is 0. The molecule has 5 rings (SSSR count). The molecule has 5 nitrogen and oxygen atoms in total. The van der Waals surface area contributed by atoms with Gasteiger partial charge in [0.1, 0.15) is 0 Å². The van der Waals surface area contributed by atoms with Gasteiger partial charge in [0.15, 0.2) is 12.4 Å². The number of H-pyrrole nitrogens is 1. The predicted octanol–water partition coefficient (Wildman–Crippen LogP) is 3.82. The van der Waals surface area contributed by atoms with Gasteiger partial charge in [0.05, 0.1) is 22.9 Å². The highest BCUT2D eigenvalue weighted by Crippen LogP contribution is 2.32. The van der Waals surface area contributed by atoms with Gasteiger partial charge in [-0.1, -0.05) is 60.7 Å². The minimum absolute atomic E-state index is 0.0487. The van der Waals surface area contributed by atoms with Gasteiger partial charge in [-0.2, -0.15) is 9.67 Å². The average molecular weight is 410 g/mol. The molecule has 1 aliphatic carbocycles. The Hall–Kier alpha value is -3.73. The Bertz CT molecular complexity index is 1130. The molecule has 1 amide bonds. The first kappa shape index (κ1) is 19.2. The molecule has 1 fully saturated rings. The molecular weight excluding hydrogens is 384 g/mol. The number of carbonyl (C=O) groups is 1. The van der Waals surface area contributed by atoms with Crippen LogP contribution in [0.1, 0.15) is 35.6 Å². The van der Waals surface area contributed by atoms with E-state index in [9.17, 15) is 4.79 Å². The number of aromatic nitrogens is 3. The molecule has 0 spiro atoms. The fraction of sp³-hybridized carbons (Fsp3) is 0.192. The van der Waals surface area contributed by atoms with Crippen molar-refractivity contribution in [3.63, 3.8) is 0 Å². The highest BCUT2D eigenvalue weighted by atomic mass is 16.2. The Morgan fingerprint density at radius 3 is 2.32 bits per heavy atom. The molecule has 0 aliphatic heterocycles. The lowest BCUT2D eigenvalue weighted by Gasteiger charge is -2.15. The number of benzene rings is 2. The van der Waals surface area contributed by atoms with Crippen molar-refractivity contribution in [3.8, 4) is 11.3 Å². The first-order valence-electron chi connectivity index (χ1n) is 10.7. The van der Waals surface area contributed by atoms with Crippen LogP contribution in [0.3, 0.4) is 0 Å². The van der Waals surface area contributed by atoms with Gasteiger partial charge >= 0.3 is 0 Å². The van der Waals surface area contributed by atoms with E-state index in [1.807, 2.05) is 41.2 Å². The van der Waals surface area contributed by atoms with Crippen LogP contribution >= 0.6 is 0 Å². The summed E-state index contributed by atoms with van der Waals surface area (Å²) in [6.45, 7) is 0.321. The predicted molar refractivity (Wildman–Crippen MR) is 119 cm³/mol. The van der Waals surface area contributed by atoms with Gasteiger partial charge in [0.2, 0.25) is 6.54 Å². The first-order valence-corrected chi connectivity index (χ1v) is 10.7. The fourth-order valence-electron chi connectivity index (χ4n) is 3.90. The minimum atomic E-state index is 0.0487. The largest absolute Gasteiger partial charge is 0.348 e. The van der Waals surface area contributed by atoms with Crippen LogP contribution in [0.4, 0.5) is 0 Å².